The predicted molar refractivity (Wildman–Crippen MR) is 127 cm³/mol. The summed E-state index contributed by atoms with van der Waals surface area (Å²) >= 11 is 0. The van der Waals surface area contributed by atoms with Crippen LogP contribution in [0.2, 0.25) is 0 Å². The third-order valence-electron chi connectivity index (χ3n) is 7.39. The summed E-state index contributed by atoms with van der Waals surface area (Å²) in [6.07, 6.45) is -3.73. The van der Waals surface area contributed by atoms with Crippen LogP contribution >= 0.6 is 0 Å². The number of halogens is 3. The van der Waals surface area contributed by atoms with Gasteiger partial charge in [-0.2, -0.15) is 13.2 Å². The molecule has 10 nitrogen and oxygen atoms in total. The Morgan fingerprint density at radius 2 is 1.97 bits per heavy atom. The van der Waals surface area contributed by atoms with Gasteiger partial charge in [0.05, 0.1) is 11.5 Å². The highest BCUT2D eigenvalue weighted by atomic mass is 19.4. The number of aromatic nitrogens is 1. The van der Waals surface area contributed by atoms with E-state index in [-0.39, 0.29) is 31.8 Å². The second-order valence-electron chi connectivity index (χ2n) is 9.78. The van der Waals surface area contributed by atoms with E-state index in [2.05, 4.69) is 15.6 Å². The van der Waals surface area contributed by atoms with Crippen LogP contribution < -0.4 is 10.6 Å². The minimum Gasteiger partial charge on any atom is -0.465 e. The standard InChI is InChI=1S/C25H24F3N5O5/c26-25(27,28)22(36)33(17-3-2-8-32(12-17)23(37)38)13-19(34)30-16-6-5-14-10-24(11-15(14)9-16)18-4-1-7-29-20(18)31-21(24)35/h1,4-7,9,17H,2-3,8,10-13H2,(H,30,34)(H,37,38)(H,29,31,35)/t17?,24-/m1/s1. The van der Waals surface area contributed by atoms with Crippen LogP contribution in [0.25, 0.3) is 0 Å². The first-order valence-corrected chi connectivity index (χ1v) is 12.0. The Bertz CT molecular complexity index is 1330. The van der Waals surface area contributed by atoms with Gasteiger partial charge in [-0.25, -0.2) is 9.78 Å². The zero-order valence-corrected chi connectivity index (χ0v) is 20.0. The number of nitrogens with one attached hydrogen (secondary N) is 2. The van der Waals surface area contributed by atoms with Gasteiger partial charge in [-0.15, -0.1) is 0 Å². The monoisotopic (exact) mass is 531 g/mol. The van der Waals surface area contributed by atoms with E-state index in [1.807, 2.05) is 6.07 Å². The summed E-state index contributed by atoms with van der Waals surface area (Å²) in [5.41, 5.74) is 1.99. The number of piperidine rings is 1. The van der Waals surface area contributed by atoms with Gasteiger partial charge in [0, 0.05) is 30.5 Å². The van der Waals surface area contributed by atoms with Gasteiger partial charge in [-0.1, -0.05) is 12.1 Å². The first-order valence-electron chi connectivity index (χ1n) is 12.0. The number of amides is 4. The van der Waals surface area contributed by atoms with Gasteiger partial charge in [0.2, 0.25) is 11.8 Å². The molecule has 2 aliphatic heterocycles. The molecule has 2 atom stereocenters. The lowest BCUT2D eigenvalue weighted by Crippen LogP contribution is -2.56. The summed E-state index contributed by atoms with van der Waals surface area (Å²) < 4.78 is 40.0. The fourth-order valence-corrected chi connectivity index (χ4v) is 5.61. The fourth-order valence-electron chi connectivity index (χ4n) is 5.61. The molecule has 2 aromatic rings. The molecular formula is C25H24F3N5O5. The molecule has 1 spiro atoms. The molecule has 1 fully saturated rings. The molecule has 5 rings (SSSR count). The third-order valence-corrected chi connectivity index (χ3v) is 7.39. The van der Waals surface area contributed by atoms with Gasteiger partial charge < -0.3 is 25.5 Å². The van der Waals surface area contributed by atoms with Crippen LogP contribution in [-0.4, -0.2) is 75.6 Å². The third kappa shape index (κ3) is 4.52. The number of carbonyl (C=O) groups excluding carboxylic acids is 3. The molecule has 0 saturated carbocycles. The highest BCUT2D eigenvalue weighted by Gasteiger charge is 2.51. The Balaban J connectivity index is 1.32. The molecule has 4 amide bonds. The van der Waals surface area contributed by atoms with E-state index in [9.17, 15) is 37.5 Å². The molecule has 1 aromatic carbocycles. The summed E-state index contributed by atoms with van der Waals surface area (Å²) in [6.45, 7) is -1.07. The van der Waals surface area contributed by atoms with Crippen molar-refractivity contribution in [1.29, 1.82) is 0 Å². The van der Waals surface area contributed by atoms with Gasteiger partial charge in [-0.3, -0.25) is 14.4 Å². The molecule has 38 heavy (non-hydrogen) atoms. The number of rotatable bonds is 4. The van der Waals surface area contributed by atoms with Crippen molar-refractivity contribution in [3.63, 3.8) is 0 Å². The van der Waals surface area contributed by atoms with E-state index in [1.165, 1.54) is 0 Å². The van der Waals surface area contributed by atoms with E-state index in [1.54, 1.807) is 30.5 Å². The maximum absolute atomic E-state index is 13.3. The van der Waals surface area contributed by atoms with E-state index in [4.69, 9.17) is 0 Å². The Morgan fingerprint density at radius 1 is 1.21 bits per heavy atom. The van der Waals surface area contributed by atoms with Crippen molar-refractivity contribution in [2.45, 2.75) is 43.3 Å². The second-order valence-corrected chi connectivity index (χ2v) is 9.78. The Hall–Kier alpha value is -4.16. The summed E-state index contributed by atoms with van der Waals surface area (Å²) in [5, 5.41) is 14.6. The molecule has 3 aliphatic rings. The number of anilines is 2. The highest BCUT2D eigenvalue weighted by Crippen LogP contribution is 2.46. The van der Waals surface area contributed by atoms with Crippen molar-refractivity contribution in [3.05, 3.63) is 53.2 Å². The molecule has 1 unspecified atom stereocenters. The van der Waals surface area contributed by atoms with Crippen LogP contribution in [0.15, 0.2) is 36.5 Å². The van der Waals surface area contributed by atoms with Crippen LogP contribution in [-0.2, 0) is 32.6 Å². The van der Waals surface area contributed by atoms with Crippen molar-refractivity contribution in [1.82, 2.24) is 14.8 Å². The second kappa shape index (κ2) is 9.30. The molecule has 3 N–H and O–H groups in total. The highest BCUT2D eigenvalue weighted by molar-refractivity contribution is 6.06. The first-order chi connectivity index (χ1) is 18.0. The van der Waals surface area contributed by atoms with Gasteiger partial charge in [-0.05, 0) is 55.0 Å². The lowest BCUT2D eigenvalue weighted by atomic mass is 9.79. The minimum absolute atomic E-state index is 0.137. The van der Waals surface area contributed by atoms with E-state index in [0.717, 1.165) is 21.6 Å². The summed E-state index contributed by atoms with van der Waals surface area (Å²) in [4.78, 5) is 54.7. The normalized spacial score (nSPS) is 22.0. The number of hydrogen-bond acceptors (Lipinski definition) is 5. The number of carbonyl (C=O) groups is 4. The maximum atomic E-state index is 13.3. The average molecular weight is 531 g/mol. The maximum Gasteiger partial charge on any atom is 0.471 e. The Labute approximate surface area is 214 Å². The molecule has 1 aromatic heterocycles. The Kier molecular flexibility index (Phi) is 6.24. The number of benzene rings is 1. The number of likely N-dealkylation sites (tertiary alicyclic amines) is 1. The van der Waals surface area contributed by atoms with Gasteiger partial charge in [0.1, 0.15) is 12.4 Å². The minimum atomic E-state index is -5.22. The summed E-state index contributed by atoms with van der Waals surface area (Å²) in [7, 11) is 0. The predicted octanol–water partition coefficient (Wildman–Crippen LogP) is 2.54. The van der Waals surface area contributed by atoms with Gasteiger partial charge >= 0.3 is 18.2 Å². The summed E-state index contributed by atoms with van der Waals surface area (Å²) in [5.74, 6) is -2.70. The number of nitrogens with zero attached hydrogens (tertiary/aromatic N) is 3. The molecule has 0 bridgehead atoms. The van der Waals surface area contributed by atoms with Crippen LogP contribution in [0, 0.1) is 0 Å². The first kappa shape index (κ1) is 25.5. The van der Waals surface area contributed by atoms with E-state index in [0.29, 0.717) is 29.2 Å². The molecule has 13 heteroatoms. The number of hydrogen-bond donors (Lipinski definition) is 3. The molecular weight excluding hydrogens is 507 g/mol. The van der Waals surface area contributed by atoms with E-state index < -0.39 is 42.1 Å². The lowest BCUT2D eigenvalue weighted by molar-refractivity contribution is -0.188. The lowest BCUT2D eigenvalue weighted by Gasteiger charge is -2.38. The van der Waals surface area contributed by atoms with Crippen LogP contribution in [0.5, 0.6) is 0 Å². The van der Waals surface area contributed by atoms with Crippen molar-refractivity contribution in [2.75, 3.05) is 30.3 Å². The number of pyridine rings is 1. The van der Waals surface area contributed by atoms with E-state index >= 15 is 0 Å². The SMILES string of the molecule is O=C(CN(C(=O)C(F)(F)F)C1CCCN(C(=O)O)C1)Nc1ccc2c(c1)C[C@@]1(C2)C(=O)Nc2ncccc21. The molecule has 0 radical (unpaired) electrons. The van der Waals surface area contributed by atoms with Crippen molar-refractivity contribution in [2.24, 2.45) is 0 Å². The van der Waals surface area contributed by atoms with Crippen LogP contribution in [0.1, 0.15) is 29.5 Å². The number of fused-ring (bicyclic) bond motifs is 3. The van der Waals surface area contributed by atoms with Crippen molar-refractivity contribution >= 4 is 35.3 Å². The van der Waals surface area contributed by atoms with Crippen LogP contribution in [0.3, 0.4) is 0 Å². The molecule has 1 aliphatic carbocycles. The zero-order chi connectivity index (χ0) is 27.2. The molecule has 1 saturated heterocycles. The molecule has 200 valence electrons. The summed E-state index contributed by atoms with van der Waals surface area (Å²) in [6, 6.07) is 7.53. The quantitative estimate of drug-likeness (QED) is 0.556. The largest absolute Gasteiger partial charge is 0.471 e. The topological polar surface area (TPSA) is 132 Å². The Morgan fingerprint density at radius 3 is 2.71 bits per heavy atom. The van der Waals surface area contributed by atoms with Crippen molar-refractivity contribution < 1.29 is 37.5 Å². The van der Waals surface area contributed by atoms with Crippen molar-refractivity contribution in [3.8, 4) is 0 Å². The van der Waals surface area contributed by atoms with Gasteiger partial charge in [0.25, 0.3) is 0 Å². The zero-order valence-electron chi connectivity index (χ0n) is 20.0. The average Bonchev–Trinajstić information content (AvgIpc) is 3.38. The van der Waals surface area contributed by atoms with Gasteiger partial charge in [0.15, 0.2) is 0 Å². The molecule has 3 heterocycles. The fraction of sp³-hybridized carbons (Fsp3) is 0.400. The number of alkyl halides is 3. The van der Waals surface area contributed by atoms with Crippen LogP contribution in [0.4, 0.5) is 29.5 Å². The smallest absolute Gasteiger partial charge is 0.465 e. The number of carboxylic acid groups (broad SMARTS) is 1.